The summed E-state index contributed by atoms with van der Waals surface area (Å²) >= 11 is 2.03. The van der Waals surface area contributed by atoms with Crippen LogP contribution in [0.25, 0.3) is 31.8 Å². The smallest absolute Gasteiger partial charge is 0.396 e. The first-order valence-electron chi connectivity index (χ1n) is 9.18. The van der Waals surface area contributed by atoms with E-state index < -0.39 is 15.0 Å². The van der Waals surface area contributed by atoms with Gasteiger partial charge in [-0.1, -0.05) is 47.7 Å². The molecule has 1 aliphatic rings. The first-order valence-corrected chi connectivity index (χ1v) is 12.3. The summed E-state index contributed by atoms with van der Waals surface area (Å²) in [5, 5.41) is 2.35. The molecule has 0 unspecified atom stereocenters. The first-order chi connectivity index (χ1) is 14.9. The van der Waals surface area contributed by atoms with Crippen molar-refractivity contribution in [3.8, 4) is 0 Å². The fourth-order valence-corrected chi connectivity index (χ4v) is 6.91. The number of anilines is 1. The second-order valence-corrected chi connectivity index (χ2v) is 10.7. The van der Waals surface area contributed by atoms with Crippen molar-refractivity contribution < 1.29 is 17.6 Å². The molecule has 5 aromatic rings. The molecule has 6 nitrogen and oxygen atoms in total. The molecule has 6 rings (SSSR count). The van der Waals surface area contributed by atoms with Crippen LogP contribution in [-0.4, -0.2) is 13.5 Å². The van der Waals surface area contributed by atoms with Crippen molar-refractivity contribution >= 4 is 75.8 Å². The van der Waals surface area contributed by atoms with Crippen molar-refractivity contribution in [2.75, 3.05) is 4.72 Å². The van der Waals surface area contributed by atoms with E-state index in [0.29, 0.717) is 43.1 Å². The molecule has 152 valence electrons. The predicted octanol–water partition coefficient (Wildman–Crippen LogP) is 5.21. The van der Waals surface area contributed by atoms with Gasteiger partial charge in [0.2, 0.25) is 5.12 Å². The third-order valence-electron chi connectivity index (χ3n) is 5.26. The number of rotatable bonds is 3. The zero-order valence-electron chi connectivity index (χ0n) is 15.5. The number of thioether (sulfide) groups is 1. The molecule has 1 N–H and O–H groups in total. The Bertz CT molecular complexity index is 1750. The molecule has 0 fully saturated rings. The summed E-state index contributed by atoms with van der Waals surface area (Å²) in [5.41, 5.74) is 1.31. The molecule has 31 heavy (non-hydrogen) atoms. The first kappa shape index (κ1) is 18.6. The summed E-state index contributed by atoms with van der Waals surface area (Å²) in [6, 6.07) is 17.1. The monoisotopic (exact) mass is 465 g/mol. The summed E-state index contributed by atoms with van der Waals surface area (Å²) < 4.78 is 35.4. The number of carbonyl (C=O) groups is 1. The van der Waals surface area contributed by atoms with Crippen molar-refractivity contribution in [3.63, 3.8) is 0 Å². The Morgan fingerprint density at radius 2 is 1.65 bits per heavy atom. The van der Waals surface area contributed by atoms with Gasteiger partial charge in [0.05, 0.1) is 15.3 Å². The van der Waals surface area contributed by atoms with Crippen molar-refractivity contribution in [1.29, 1.82) is 0 Å². The van der Waals surface area contributed by atoms with E-state index in [0.717, 1.165) is 28.0 Å². The third kappa shape index (κ3) is 2.74. The number of carbonyl (C=O) groups excluding carboxylic acids is 1. The average molecular weight is 466 g/mol. The summed E-state index contributed by atoms with van der Waals surface area (Å²) in [4.78, 5) is 24.4. The molecule has 0 bridgehead atoms. The summed E-state index contributed by atoms with van der Waals surface area (Å²) in [6.07, 6.45) is 0. The van der Waals surface area contributed by atoms with Gasteiger partial charge in [-0.3, -0.25) is 9.52 Å². The Hall–Kier alpha value is -3.14. The molecule has 9 heteroatoms. The molecule has 0 saturated heterocycles. The Morgan fingerprint density at radius 1 is 0.871 bits per heavy atom. The SMILES string of the molecule is O=C1Sc2ccc(S(=O)(=O)Nc3cc4sc(=O)oc4c4ccccc34)c3cccc1c23. The zero-order valence-corrected chi connectivity index (χ0v) is 18.0. The topological polar surface area (TPSA) is 93.5 Å². The van der Waals surface area contributed by atoms with Gasteiger partial charge in [0.15, 0.2) is 5.58 Å². The summed E-state index contributed by atoms with van der Waals surface area (Å²) in [5.74, 6) is 0. The molecule has 0 radical (unpaired) electrons. The van der Waals surface area contributed by atoms with Crippen molar-refractivity contribution in [3.05, 3.63) is 76.0 Å². The molecule has 0 amide bonds. The van der Waals surface area contributed by atoms with Gasteiger partial charge in [-0.25, -0.2) is 13.2 Å². The van der Waals surface area contributed by atoms with Crippen LogP contribution in [0.1, 0.15) is 10.4 Å². The Morgan fingerprint density at radius 3 is 2.48 bits per heavy atom. The van der Waals surface area contributed by atoms with Crippen LogP contribution in [0, 0.1) is 0 Å². The van der Waals surface area contributed by atoms with Crippen LogP contribution in [0.4, 0.5) is 5.69 Å². The molecule has 4 aromatic carbocycles. The van der Waals surface area contributed by atoms with Crippen LogP contribution in [0.5, 0.6) is 0 Å². The van der Waals surface area contributed by atoms with Crippen LogP contribution in [0.2, 0.25) is 0 Å². The van der Waals surface area contributed by atoms with Gasteiger partial charge in [-0.15, -0.1) is 0 Å². The molecule has 0 saturated carbocycles. The van der Waals surface area contributed by atoms with Gasteiger partial charge in [0.25, 0.3) is 10.0 Å². The highest BCUT2D eigenvalue weighted by atomic mass is 32.2. The molecule has 0 spiro atoms. The number of hydrogen-bond donors (Lipinski definition) is 1. The second kappa shape index (κ2) is 6.43. The van der Waals surface area contributed by atoms with E-state index >= 15 is 0 Å². The molecule has 1 aliphatic heterocycles. The minimum Gasteiger partial charge on any atom is -0.413 e. The highest BCUT2D eigenvalue weighted by Crippen LogP contribution is 2.43. The fraction of sp³-hybridized carbons (Fsp3) is 0. The van der Waals surface area contributed by atoms with E-state index in [1.165, 1.54) is 6.07 Å². The Labute approximate surface area is 183 Å². The minimum atomic E-state index is -3.99. The van der Waals surface area contributed by atoms with Crippen molar-refractivity contribution in [2.24, 2.45) is 0 Å². The summed E-state index contributed by atoms with van der Waals surface area (Å²) in [6.45, 7) is 0. The maximum absolute atomic E-state index is 13.4. The number of benzene rings is 4. The quantitative estimate of drug-likeness (QED) is 0.393. The fourth-order valence-electron chi connectivity index (χ4n) is 3.97. The van der Waals surface area contributed by atoms with Crippen LogP contribution < -0.4 is 9.66 Å². The largest absolute Gasteiger partial charge is 0.413 e. The number of nitrogens with one attached hydrogen (secondary N) is 1. The lowest BCUT2D eigenvalue weighted by Crippen LogP contribution is -2.13. The standard InChI is InChI=1S/C22H11NO5S3/c24-21-14-7-3-6-13-18(9-8-16(29-21)19(13)14)31(26,27)23-15-10-17-20(28-22(25)30-17)12-5-2-1-4-11(12)15/h1-10,23H. The van der Waals surface area contributed by atoms with Gasteiger partial charge >= 0.3 is 4.94 Å². The van der Waals surface area contributed by atoms with Crippen LogP contribution >= 0.6 is 23.1 Å². The number of hydrogen-bond acceptors (Lipinski definition) is 7. The van der Waals surface area contributed by atoms with Crippen molar-refractivity contribution in [2.45, 2.75) is 9.79 Å². The van der Waals surface area contributed by atoms with E-state index in [4.69, 9.17) is 4.42 Å². The van der Waals surface area contributed by atoms with Crippen LogP contribution in [-0.2, 0) is 10.0 Å². The van der Waals surface area contributed by atoms with Gasteiger partial charge in [0, 0.05) is 32.0 Å². The highest BCUT2D eigenvalue weighted by Gasteiger charge is 2.27. The predicted molar refractivity (Wildman–Crippen MR) is 123 cm³/mol. The van der Waals surface area contributed by atoms with Crippen LogP contribution in [0.15, 0.2) is 79.7 Å². The Balaban J connectivity index is 1.57. The number of fused-ring (bicyclic) bond motifs is 3. The zero-order chi connectivity index (χ0) is 21.3. The summed E-state index contributed by atoms with van der Waals surface area (Å²) in [7, 11) is -3.99. The molecule has 0 aliphatic carbocycles. The lowest BCUT2D eigenvalue weighted by atomic mass is 10.1. The second-order valence-electron chi connectivity index (χ2n) is 7.04. The molecular formula is C22H11NO5S3. The van der Waals surface area contributed by atoms with E-state index in [1.807, 2.05) is 0 Å². The molecular weight excluding hydrogens is 454 g/mol. The lowest BCUT2D eigenvalue weighted by molar-refractivity contribution is 0.109. The number of sulfonamides is 1. The molecule has 2 heterocycles. The van der Waals surface area contributed by atoms with E-state index in [-0.39, 0.29) is 10.0 Å². The van der Waals surface area contributed by atoms with Crippen LogP contribution in [0.3, 0.4) is 0 Å². The van der Waals surface area contributed by atoms with E-state index in [1.54, 1.807) is 54.6 Å². The van der Waals surface area contributed by atoms with Gasteiger partial charge in [-0.05, 0) is 36.0 Å². The Kier molecular flexibility index (Phi) is 3.86. The van der Waals surface area contributed by atoms with Gasteiger partial charge < -0.3 is 4.42 Å². The van der Waals surface area contributed by atoms with E-state index in [9.17, 15) is 18.0 Å². The lowest BCUT2D eigenvalue weighted by Gasteiger charge is -2.13. The molecule has 0 atom stereocenters. The van der Waals surface area contributed by atoms with Crippen molar-refractivity contribution in [1.82, 2.24) is 0 Å². The maximum atomic E-state index is 13.4. The normalized spacial score (nSPS) is 13.5. The highest BCUT2D eigenvalue weighted by molar-refractivity contribution is 8.14. The maximum Gasteiger partial charge on any atom is 0.396 e. The average Bonchev–Trinajstić information content (AvgIpc) is 3.28. The van der Waals surface area contributed by atoms with Gasteiger partial charge in [0.1, 0.15) is 0 Å². The minimum absolute atomic E-state index is 0.0885. The van der Waals surface area contributed by atoms with E-state index in [2.05, 4.69) is 4.72 Å². The van der Waals surface area contributed by atoms with Gasteiger partial charge in [-0.2, -0.15) is 0 Å². The molecule has 1 aromatic heterocycles. The third-order valence-corrected chi connectivity index (χ3v) is 8.42.